The van der Waals surface area contributed by atoms with E-state index in [-0.39, 0.29) is 5.97 Å². The molecule has 3 nitrogen and oxygen atoms in total. The molecular formula is C15H21NO2. The summed E-state index contributed by atoms with van der Waals surface area (Å²) >= 11 is 0. The number of carbonyl (C=O) groups excluding carboxylic acids is 1. The summed E-state index contributed by atoms with van der Waals surface area (Å²) in [5, 5.41) is 0. The van der Waals surface area contributed by atoms with Gasteiger partial charge in [0, 0.05) is 0 Å². The summed E-state index contributed by atoms with van der Waals surface area (Å²) in [6.45, 7) is 5.13. The van der Waals surface area contributed by atoms with Crippen molar-refractivity contribution in [1.82, 2.24) is 4.90 Å². The second kappa shape index (κ2) is 5.53. The highest BCUT2D eigenvalue weighted by Crippen LogP contribution is 2.36. The second-order valence-corrected chi connectivity index (χ2v) is 4.87. The van der Waals surface area contributed by atoms with Crippen molar-refractivity contribution in [2.24, 2.45) is 0 Å². The average molecular weight is 247 g/mol. The summed E-state index contributed by atoms with van der Waals surface area (Å²) in [5.41, 5.74) is 0.648. The van der Waals surface area contributed by atoms with Crippen LogP contribution in [0.5, 0.6) is 0 Å². The van der Waals surface area contributed by atoms with Crippen molar-refractivity contribution in [1.29, 1.82) is 0 Å². The molecular weight excluding hydrogens is 226 g/mol. The molecule has 0 amide bonds. The molecule has 1 fully saturated rings. The molecule has 1 aliphatic heterocycles. The highest BCUT2D eigenvalue weighted by molar-refractivity contribution is 5.83. The van der Waals surface area contributed by atoms with E-state index in [0.29, 0.717) is 0 Å². The lowest BCUT2D eigenvalue weighted by atomic mass is 9.73. The quantitative estimate of drug-likeness (QED) is 0.767. The Balaban J connectivity index is 2.29. The zero-order chi connectivity index (χ0) is 13.0. The van der Waals surface area contributed by atoms with Crippen LogP contribution in [0.1, 0.15) is 25.3 Å². The summed E-state index contributed by atoms with van der Waals surface area (Å²) in [5.74, 6) is -0.0931. The zero-order valence-corrected chi connectivity index (χ0v) is 11.2. The lowest BCUT2D eigenvalue weighted by Crippen LogP contribution is -2.47. The molecule has 3 heteroatoms. The number of carbonyl (C=O) groups is 1. The molecule has 0 saturated carbocycles. The largest absolute Gasteiger partial charge is 0.468 e. The van der Waals surface area contributed by atoms with Crippen LogP contribution in [0.15, 0.2) is 30.3 Å². The van der Waals surface area contributed by atoms with Crippen LogP contribution in [0.4, 0.5) is 0 Å². The molecule has 0 bridgehead atoms. The third-order valence-corrected chi connectivity index (χ3v) is 4.06. The third kappa shape index (κ3) is 2.27. The van der Waals surface area contributed by atoms with Crippen LogP contribution in [0.25, 0.3) is 0 Å². The van der Waals surface area contributed by atoms with E-state index in [0.717, 1.165) is 38.0 Å². The van der Waals surface area contributed by atoms with Crippen molar-refractivity contribution >= 4 is 5.97 Å². The summed E-state index contributed by atoms with van der Waals surface area (Å²) in [6, 6.07) is 10.0. The molecule has 1 aromatic rings. The number of nitrogens with zero attached hydrogens (tertiary/aromatic N) is 1. The zero-order valence-electron chi connectivity index (χ0n) is 11.2. The maximum absolute atomic E-state index is 12.2. The van der Waals surface area contributed by atoms with Gasteiger partial charge in [0.1, 0.15) is 0 Å². The molecule has 1 aromatic carbocycles. The predicted molar refractivity (Wildman–Crippen MR) is 71.5 cm³/mol. The first kappa shape index (κ1) is 13.1. The second-order valence-electron chi connectivity index (χ2n) is 4.87. The number of piperidine rings is 1. The molecule has 1 heterocycles. The van der Waals surface area contributed by atoms with Crippen LogP contribution in [0, 0.1) is 0 Å². The number of likely N-dealkylation sites (tertiary alicyclic amines) is 1. The van der Waals surface area contributed by atoms with E-state index >= 15 is 0 Å². The van der Waals surface area contributed by atoms with Gasteiger partial charge in [0.05, 0.1) is 12.5 Å². The van der Waals surface area contributed by atoms with Crippen LogP contribution < -0.4 is 0 Å². The minimum Gasteiger partial charge on any atom is -0.468 e. The van der Waals surface area contributed by atoms with Gasteiger partial charge in [0.2, 0.25) is 0 Å². The normalized spacial score (nSPS) is 19.4. The van der Waals surface area contributed by atoms with Gasteiger partial charge in [0.25, 0.3) is 0 Å². The third-order valence-electron chi connectivity index (χ3n) is 4.06. The Hall–Kier alpha value is -1.35. The number of hydrogen-bond donors (Lipinski definition) is 0. The molecule has 0 N–H and O–H groups in total. The van der Waals surface area contributed by atoms with Gasteiger partial charge < -0.3 is 9.64 Å². The van der Waals surface area contributed by atoms with Crippen molar-refractivity contribution in [3.63, 3.8) is 0 Å². The van der Waals surface area contributed by atoms with Gasteiger partial charge >= 0.3 is 5.97 Å². The summed E-state index contributed by atoms with van der Waals surface area (Å²) in [4.78, 5) is 14.6. The Bertz CT molecular complexity index is 394. The van der Waals surface area contributed by atoms with Crippen LogP contribution in [-0.2, 0) is 14.9 Å². The van der Waals surface area contributed by atoms with Gasteiger partial charge in [-0.25, -0.2) is 0 Å². The molecule has 1 aliphatic rings. The molecule has 98 valence electrons. The van der Waals surface area contributed by atoms with E-state index in [9.17, 15) is 4.79 Å². The van der Waals surface area contributed by atoms with Gasteiger partial charge in [-0.2, -0.15) is 0 Å². The Morgan fingerprint density at radius 1 is 1.28 bits per heavy atom. The van der Waals surface area contributed by atoms with Gasteiger partial charge in [-0.3, -0.25) is 4.79 Å². The molecule has 0 atom stereocenters. The summed E-state index contributed by atoms with van der Waals surface area (Å²) in [7, 11) is 1.49. The Morgan fingerprint density at radius 3 is 2.39 bits per heavy atom. The lowest BCUT2D eigenvalue weighted by Gasteiger charge is -2.39. The first-order valence-electron chi connectivity index (χ1n) is 6.59. The van der Waals surface area contributed by atoms with E-state index in [1.807, 2.05) is 30.3 Å². The lowest BCUT2D eigenvalue weighted by molar-refractivity contribution is -0.149. The number of esters is 1. The summed E-state index contributed by atoms with van der Waals surface area (Å²) in [6.07, 6.45) is 1.69. The fourth-order valence-electron chi connectivity index (χ4n) is 2.81. The maximum Gasteiger partial charge on any atom is 0.316 e. The predicted octanol–water partition coefficient (Wildman–Crippen LogP) is 2.21. The van der Waals surface area contributed by atoms with Crippen molar-refractivity contribution in [2.45, 2.75) is 25.2 Å². The van der Waals surface area contributed by atoms with Gasteiger partial charge in [-0.15, -0.1) is 0 Å². The molecule has 0 radical (unpaired) electrons. The van der Waals surface area contributed by atoms with Crippen molar-refractivity contribution in [2.75, 3.05) is 26.7 Å². The van der Waals surface area contributed by atoms with E-state index in [4.69, 9.17) is 4.74 Å². The number of hydrogen-bond acceptors (Lipinski definition) is 3. The minimum atomic E-state index is -0.443. The number of rotatable bonds is 3. The Labute approximate surface area is 109 Å². The first-order valence-corrected chi connectivity index (χ1v) is 6.59. The summed E-state index contributed by atoms with van der Waals surface area (Å²) < 4.78 is 5.06. The van der Waals surface area contributed by atoms with E-state index in [2.05, 4.69) is 11.8 Å². The molecule has 0 aromatic heterocycles. The topological polar surface area (TPSA) is 29.5 Å². The minimum absolute atomic E-state index is 0.0931. The van der Waals surface area contributed by atoms with Crippen LogP contribution >= 0.6 is 0 Å². The van der Waals surface area contributed by atoms with Crippen LogP contribution in [0.3, 0.4) is 0 Å². The standard InChI is InChI=1S/C15H21NO2/c1-3-16-11-9-15(10-12-16,14(17)18-2)13-7-5-4-6-8-13/h4-8H,3,9-12H2,1-2H3. The smallest absolute Gasteiger partial charge is 0.316 e. The highest BCUT2D eigenvalue weighted by Gasteiger charge is 2.43. The number of benzene rings is 1. The molecule has 0 spiro atoms. The van der Waals surface area contributed by atoms with Crippen LogP contribution in [0.2, 0.25) is 0 Å². The van der Waals surface area contributed by atoms with Gasteiger partial charge in [-0.1, -0.05) is 37.3 Å². The van der Waals surface area contributed by atoms with Crippen molar-refractivity contribution < 1.29 is 9.53 Å². The molecule has 0 unspecified atom stereocenters. The van der Waals surface area contributed by atoms with Crippen LogP contribution in [-0.4, -0.2) is 37.6 Å². The van der Waals surface area contributed by atoms with Crippen molar-refractivity contribution in [3.8, 4) is 0 Å². The van der Waals surface area contributed by atoms with E-state index < -0.39 is 5.41 Å². The molecule has 2 rings (SSSR count). The SMILES string of the molecule is CCN1CCC(C(=O)OC)(c2ccccc2)CC1. The van der Waals surface area contributed by atoms with Gasteiger partial charge in [0.15, 0.2) is 0 Å². The number of ether oxygens (including phenoxy) is 1. The Morgan fingerprint density at radius 2 is 1.89 bits per heavy atom. The maximum atomic E-state index is 12.2. The van der Waals surface area contributed by atoms with E-state index in [1.165, 1.54) is 7.11 Å². The van der Waals surface area contributed by atoms with E-state index in [1.54, 1.807) is 0 Å². The monoisotopic (exact) mass is 247 g/mol. The highest BCUT2D eigenvalue weighted by atomic mass is 16.5. The average Bonchev–Trinajstić information content (AvgIpc) is 2.47. The number of methoxy groups -OCH3 is 1. The first-order chi connectivity index (χ1) is 8.73. The fourth-order valence-corrected chi connectivity index (χ4v) is 2.81. The molecule has 1 saturated heterocycles. The molecule has 18 heavy (non-hydrogen) atoms. The molecule has 0 aliphatic carbocycles. The van der Waals surface area contributed by atoms with Crippen molar-refractivity contribution in [3.05, 3.63) is 35.9 Å². The Kier molecular flexibility index (Phi) is 4.02. The van der Waals surface area contributed by atoms with Gasteiger partial charge in [-0.05, 0) is 38.0 Å². The fraction of sp³-hybridized carbons (Fsp3) is 0.533.